The van der Waals surface area contributed by atoms with E-state index in [9.17, 15) is 0 Å². The van der Waals surface area contributed by atoms with Crippen LogP contribution in [0.4, 0.5) is 0 Å². The number of hydrogen-bond donors (Lipinski definition) is 1. The lowest BCUT2D eigenvalue weighted by atomic mass is 9.79. The van der Waals surface area contributed by atoms with Crippen LogP contribution in [-0.2, 0) is 4.74 Å². The fourth-order valence-electron chi connectivity index (χ4n) is 4.04. The van der Waals surface area contributed by atoms with Gasteiger partial charge in [-0.05, 0) is 50.5 Å². The summed E-state index contributed by atoms with van der Waals surface area (Å²) in [4.78, 5) is 0. The first kappa shape index (κ1) is 14.3. The molecule has 2 rings (SSSR count). The highest BCUT2D eigenvalue weighted by Crippen LogP contribution is 2.44. The molecule has 2 unspecified atom stereocenters. The first-order valence-corrected chi connectivity index (χ1v) is 7.99. The highest BCUT2D eigenvalue weighted by atomic mass is 16.5. The number of ether oxygens (including phenoxy) is 1. The molecule has 0 aromatic rings. The van der Waals surface area contributed by atoms with Crippen molar-refractivity contribution < 1.29 is 4.74 Å². The highest BCUT2D eigenvalue weighted by molar-refractivity contribution is 4.93. The molecule has 1 aliphatic heterocycles. The number of hydrogen-bond acceptors (Lipinski definition) is 2. The van der Waals surface area contributed by atoms with E-state index in [0.29, 0.717) is 11.5 Å². The molecule has 2 fully saturated rings. The SMILES string of the molecule is CCCC(C)(CN)CC1CCC2(CCCCC2)O1. The Bertz CT molecular complexity index is 260. The van der Waals surface area contributed by atoms with Crippen molar-refractivity contribution in [1.82, 2.24) is 0 Å². The van der Waals surface area contributed by atoms with E-state index >= 15 is 0 Å². The molecule has 18 heavy (non-hydrogen) atoms. The van der Waals surface area contributed by atoms with E-state index in [1.54, 1.807) is 0 Å². The Labute approximate surface area is 113 Å². The van der Waals surface area contributed by atoms with Gasteiger partial charge in [-0.15, -0.1) is 0 Å². The van der Waals surface area contributed by atoms with Crippen LogP contribution in [0.2, 0.25) is 0 Å². The summed E-state index contributed by atoms with van der Waals surface area (Å²) in [6, 6.07) is 0. The maximum Gasteiger partial charge on any atom is 0.0687 e. The molecule has 0 bridgehead atoms. The summed E-state index contributed by atoms with van der Waals surface area (Å²) < 4.78 is 6.48. The van der Waals surface area contributed by atoms with E-state index in [1.807, 2.05) is 0 Å². The van der Waals surface area contributed by atoms with Crippen LogP contribution in [0.15, 0.2) is 0 Å². The van der Waals surface area contributed by atoms with Crippen LogP contribution in [0, 0.1) is 5.41 Å². The molecule has 0 aromatic carbocycles. The van der Waals surface area contributed by atoms with Crippen LogP contribution in [0.3, 0.4) is 0 Å². The highest BCUT2D eigenvalue weighted by Gasteiger charge is 2.42. The van der Waals surface area contributed by atoms with Crippen molar-refractivity contribution in [3.8, 4) is 0 Å². The van der Waals surface area contributed by atoms with E-state index in [2.05, 4.69) is 13.8 Å². The summed E-state index contributed by atoms with van der Waals surface area (Å²) >= 11 is 0. The van der Waals surface area contributed by atoms with E-state index in [4.69, 9.17) is 10.5 Å². The van der Waals surface area contributed by atoms with Crippen LogP contribution in [0.5, 0.6) is 0 Å². The first-order valence-electron chi connectivity index (χ1n) is 7.99. The molecule has 1 saturated carbocycles. The Kier molecular flexibility index (Phi) is 4.71. The molecule has 1 saturated heterocycles. The van der Waals surface area contributed by atoms with Crippen molar-refractivity contribution in [2.75, 3.05) is 6.54 Å². The van der Waals surface area contributed by atoms with Crippen LogP contribution in [-0.4, -0.2) is 18.2 Å². The molecule has 2 atom stereocenters. The molecule has 1 heterocycles. The van der Waals surface area contributed by atoms with Crippen LogP contribution in [0.25, 0.3) is 0 Å². The standard InChI is InChI=1S/C16H31NO/c1-3-8-15(2,13-17)12-14-7-11-16(18-14)9-5-4-6-10-16/h14H,3-13,17H2,1-2H3. The normalized spacial score (nSPS) is 30.5. The zero-order chi connectivity index (χ0) is 13.1. The minimum Gasteiger partial charge on any atom is -0.372 e. The maximum absolute atomic E-state index is 6.48. The van der Waals surface area contributed by atoms with E-state index in [0.717, 1.165) is 6.54 Å². The molecule has 106 valence electrons. The topological polar surface area (TPSA) is 35.2 Å². The van der Waals surface area contributed by atoms with Gasteiger partial charge in [0.2, 0.25) is 0 Å². The fourth-order valence-corrected chi connectivity index (χ4v) is 4.04. The van der Waals surface area contributed by atoms with Crippen molar-refractivity contribution in [2.45, 2.75) is 89.8 Å². The van der Waals surface area contributed by atoms with Gasteiger partial charge in [-0.25, -0.2) is 0 Å². The monoisotopic (exact) mass is 253 g/mol. The quantitative estimate of drug-likeness (QED) is 0.803. The van der Waals surface area contributed by atoms with Gasteiger partial charge in [-0.1, -0.05) is 39.5 Å². The van der Waals surface area contributed by atoms with Gasteiger partial charge in [0.25, 0.3) is 0 Å². The summed E-state index contributed by atoms with van der Waals surface area (Å²) in [5.74, 6) is 0. The Morgan fingerprint density at radius 2 is 1.94 bits per heavy atom. The molecule has 0 radical (unpaired) electrons. The molecular weight excluding hydrogens is 222 g/mol. The van der Waals surface area contributed by atoms with Gasteiger partial charge in [0.05, 0.1) is 11.7 Å². The lowest BCUT2D eigenvalue weighted by molar-refractivity contribution is -0.0758. The molecule has 1 spiro atoms. The average molecular weight is 253 g/mol. The van der Waals surface area contributed by atoms with Gasteiger partial charge in [0.1, 0.15) is 0 Å². The third-order valence-electron chi connectivity index (χ3n) is 5.17. The van der Waals surface area contributed by atoms with E-state index in [-0.39, 0.29) is 5.60 Å². The Hall–Kier alpha value is -0.0800. The summed E-state index contributed by atoms with van der Waals surface area (Å²) in [6.45, 7) is 5.39. The predicted molar refractivity (Wildman–Crippen MR) is 76.6 cm³/mol. The Morgan fingerprint density at radius 1 is 1.22 bits per heavy atom. The molecule has 2 heteroatoms. The number of nitrogens with two attached hydrogens (primary N) is 1. The van der Waals surface area contributed by atoms with Crippen LogP contribution >= 0.6 is 0 Å². The van der Waals surface area contributed by atoms with Crippen molar-refractivity contribution in [1.29, 1.82) is 0 Å². The lowest BCUT2D eigenvalue weighted by Crippen LogP contribution is -2.35. The summed E-state index contributed by atoms with van der Waals surface area (Å²) in [6.07, 6.45) is 13.4. The minimum atomic E-state index is 0.268. The zero-order valence-electron chi connectivity index (χ0n) is 12.3. The third kappa shape index (κ3) is 3.27. The smallest absolute Gasteiger partial charge is 0.0687 e. The molecular formula is C16H31NO. The molecule has 1 aliphatic carbocycles. The fraction of sp³-hybridized carbons (Fsp3) is 1.00. The predicted octanol–water partition coefficient (Wildman–Crippen LogP) is 4.02. The van der Waals surface area contributed by atoms with Crippen LogP contribution < -0.4 is 5.73 Å². The summed E-state index contributed by atoms with van der Waals surface area (Å²) in [7, 11) is 0. The molecule has 2 aliphatic rings. The van der Waals surface area contributed by atoms with Crippen LogP contribution in [0.1, 0.15) is 78.1 Å². The molecule has 0 aromatic heterocycles. The maximum atomic E-state index is 6.48. The lowest BCUT2D eigenvalue weighted by Gasteiger charge is -2.35. The number of rotatable bonds is 5. The minimum absolute atomic E-state index is 0.268. The van der Waals surface area contributed by atoms with Gasteiger partial charge in [0, 0.05) is 0 Å². The first-order chi connectivity index (χ1) is 8.61. The second kappa shape index (κ2) is 5.92. The van der Waals surface area contributed by atoms with Gasteiger partial charge in [-0.3, -0.25) is 0 Å². The second-order valence-electron chi connectivity index (χ2n) is 6.99. The van der Waals surface area contributed by atoms with Crippen molar-refractivity contribution >= 4 is 0 Å². The van der Waals surface area contributed by atoms with E-state index in [1.165, 1.54) is 64.2 Å². The average Bonchev–Trinajstić information content (AvgIpc) is 2.73. The molecule has 0 amide bonds. The molecule has 2 nitrogen and oxygen atoms in total. The van der Waals surface area contributed by atoms with E-state index < -0.39 is 0 Å². The molecule has 2 N–H and O–H groups in total. The van der Waals surface area contributed by atoms with Gasteiger partial charge in [0.15, 0.2) is 0 Å². The van der Waals surface area contributed by atoms with Crippen molar-refractivity contribution in [2.24, 2.45) is 11.1 Å². The Balaban J connectivity index is 1.88. The summed E-state index contributed by atoms with van der Waals surface area (Å²) in [5, 5.41) is 0. The zero-order valence-corrected chi connectivity index (χ0v) is 12.3. The van der Waals surface area contributed by atoms with Gasteiger partial charge >= 0.3 is 0 Å². The largest absolute Gasteiger partial charge is 0.372 e. The second-order valence-corrected chi connectivity index (χ2v) is 6.99. The van der Waals surface area contributed by atoms with Gasteiger partial charge in [-0.2, -0.15) is 0 Å². The Morgan fingerprint density at radius 3 is 2.56 bits per heavy atom. The van der Waals surface area contributed by atoms with Crippen molar-refractivity contribution in [3.63, 3.8) is 0 Å². The van der Waals surface area contributed by atoms with Gasteiger partial charge < -0.3 is 10.5 Å². The third-order valence-corrected chi connectivity index (χ3v) is 5.17. The summed E-state index contributed by atoms with van der Waals surface area (Å²) in [5.41, 5.74) is 6.55. The van der Waals surface area contributed by atoms with Crippen molar-refractivity contribution in [3.05, 3.63) is 0 Å².